The van der Waals surface area contributed by atoms with Crippen LogP contribution in [0.4, 0.5) is 0 Å². The lowest BCUT2D eigenvalue weighted by atomic mass is 10.1. The topological polar surface area (TPSA) is 43.8 Å². The Bertz CT molecular complexity index is 567. The molecule has 1 heterocycles. The van der Waals surface area contributed by atoms with Crippen LogP contribution in [-0.4, -0.2) is 15.8 Å². The zero-order valence-corrected chi connectivity index (χ0v) is 12.3. The zero-order chi connectivity index (χ0) is 14.0. The summed E-state index contributed by atoms with van der Waals surface area (Å²) >= 11 is 0. The molecule has 2 N–H and O–H groups in total. The molecule has 0 saturated carbocycles. The molecule has 0 amide bonds. The second-order valence-corrected chi connectivity index (χ2v) is 5.27. The molecule has 1 aromatic carbocycles. The summed E-state index contributed by atoms with van der Waals surface area (Å²) in [6.45, 7) is 8.42. The smallest absolute Gasteiger partial charge is 0.0651 e. The Hall–Kier alpha value is -1.61. The lowest BCUT2D eigenvalue weighted by Crippen LogP contribution is -2.17. The van der Waals surface area contributed by atoms with Crippen LogP contribution < -0.4 is 5.73 Å². The Morgan fingerprint density at radius 1 is 1.32 bits per heavy atom. The van der Waals surface area contributed by atoms with E-state index in [9.17, 15) is 0 Å². The van der Waals surface area contributed by atoms with Crippen molar-refractivity contribution in [2.75, 3.05) is 0 Å². The average molecular weight is 257 g/mol. The molecule has 102 valence electrons. The first-order valence-corrected chi connectivity index (χ1v) is 6.93. The Morgan fingerprint density at radius 2 is 2.05 bits per heavy atom. The van der Waals surface area contributed by atoms with Crippen molar-refractivity contribution >= 4 is 0 Å². The van der Waals surface area contributed by atoms with Gasteiger partial charge in [-0.3, -0.25) is 0 Å². The number of hydrogen-bond acceptors (Lipinski definition) is 2. The molecule has 0 fully saturated rings. The van der Waals surface area contributed by atoms with Gasteiger partial charge in [-0.05, 0) is 56.9 Å². The third-order valence-corrected chi connectivity index (χ3v) is 3.51. The fourth-order valence-electron chi connectivity index (χ4n) is 2.63. The Morgan fingerprint density at radius 3 is 2.63 bits per heavy atom. The van der Waals surface area contributed by atoms with E-state index in [-0.39, 0.29) is 6.04 Å². The SMILES string of the molecule is CCc1c(C)nn(-c2cccc(CC(C)N)c2)c1C. The first-order chi connectivity index (χ1) is 9.02. The highest BCUT2D eigenvalue weighted by atomic mass is 15.3. The van der Waals surface area contributed by atoms with E-state index in [0.717, 1.165) is 24.2 Å². The van der Waals surface area contributed by atoms with E-state index in [4.69, 9.17) is 5.73 Å². The molecule has 1 aromatic heterocycles. The minimum atomic E-state index is 0.182. The second-order valence-electron chi connectivity index (χ2n) is 5.27. The molecule has 0 saturated heterocycles. The van der Waals surface area contributed by atoms with Gasteiger partial charge in [0.1, 0.15) is 0 Å². The number of nitrogens with zero attached hydrogens (tertiary/aromatic N) is 2. The van der Waals surface area contributed by atoms with Crippen LogP contribution in [0.25, 0.3) is 5.69 Å². The normalized spacial score (nSPS) is 12.7. The molecular weight excluding hydrogens is 234 g/mol. The van der Waals surface area contributed by atoms with Gasteiger partial charge in [0.2, 0.25) is 0 Å². The van der Waals surface area contributed by atoms with E-state index in [1.54, 1.807) is 0 Å². The standard InChI is InChI=1S/C16H23N3/c1-5-16-12(3)18-19(13(16)4)15-8-6-7-14(10-15)9-11(2)17/h6-8,10-11H,5,9,17H2,1-4H3. The molecule has 0 radical (unpaired) electrons. The highest BCUT2D eigenvalue weighted by Crippen LogP contribution is 2.19. The molecule has 3 nitrogen and oxygen atoms in total. The van der Waals surface area contributed by atoms with E-state index in [1.165, 1.54) is 16.8 Å². The van der Waals surface area contributed by atoms with Crippen molar-refractivity contribution in [1.29, 1.82) is 0 Å². The molecule has 0 spiro atoms. The molecule has 1 unspecified atom stereocenters. The molecule has 0 aliphatic rings. The van der Waals surface area contributed by atoms with Gasteiger partial charge in [0.25, 0.3) is 0 Å². The van der Waals surface area contributed by atoms with Gasteiger partial charge in [0, 0.05) is 11.7 Å². The maximum Gasteiger partial charge on any atom is 0.0651 e. The lowest BCUT2D eigenvalue weighted by molar-refractivity contribution is 0.736. The Kier molecular flexibility index (Phi) is 4.05. The molecule has 0 aliphatic carbocycles. The molecule has 2 rings (SSSR count). The van der Waals surface area contributed by atoms with Gasteiger partial charge in [-0.25, -0.2) is 4.68 Å². The highest BCUT2D eigenvalue weighted by molar-refractivity contribution is 5.39. The van der Waals surface area contributed by atoms with Crippen molar-refractivity contribution < 1.29 is 0 Å². The van der Waals surface area contributed by atoms with E-state index in [1.807, 2.05) is 11.6 Å². The van der Waals surface area contributed by atoms with Gasteiger partial charge in [0.15, 0.2) is 0 Å². The fraction of sp³-hybridized carbons (Fsp3) is 0.438. The van der Waals surface area contributed by atoms with Gasteiger partial charge < -0.3 is 5.73 Å². The van der Waals surface area contributed by atoms with Gasteiger partial charge in [0.05, 0.1) is 11.4 Å². The molecule has 0 bridgehead atoms. The molecule has 3 heteroatoms. The third-order valence-electron chi connectivity index (χ3n) is 3.51. The van der Waals surface area contributed by atoms with Crippen molar-refractivity contribution in [2.45, 2.75) is 46.6 Å². The monoisotopic (exact) mass is 257 g/mol. The van der Waals surface area contributed by atoms with Crippen molar-refractivity contribution in [2.24, 2.45) is 5.73 Å². The molecule has 2 aromatic rings. The van der Waals surface area contributed by atoms with E-state index < -0.39 is 0 Å². The molecule has 19 heavy (non-hydrogen) atoms. The predicted octanol–water partition coefficient (Wildman–Crippen LogP) is 2.94. The molecular formula is C16H23N3. The number of rotatable bonds is 4. The van der Waals surface area contributed by atoms with Crippen LogP contribution in [0.15, 0.2) is 24.3 Å². The summed E-state index contributed by atoms with van der Waals surface area (Å²) in [7, 11) is 0. The van der Waals surface area contributed by atoms with Crippen LogP contribution in [-0.2, 0) is 12.8 Å². The van der Waals surface area contributed by atoms with Crippen LogP contribution in [0.1, 0.15) is 36.4 Å². The average Bonchev–Trinajstić information content (AvgIpc) is 2.64. The quantitative estimate of drug-likeness (QED) is 0.915. The summed E-state index contributed by atoms with van der Waals surface area (Å²) in [5, 5.41) is 4.66. The van der Waals surface area contributed by atoms with Crippen LogP contribution in [0.2, 0.25) is 0 Å². The first-order valence-electron chi connectivity index (χ1n) is 6.93. The summed E-state index contributed by atoms with van der Waals surface area (Å²) in [5.41, 5.74) is 12.0. The van der Waals surface area contributed by atoms with Gasteiger partial charge in [-0.2, -0.15) is 5.10 Å². The largest absolute Gasteiger partial charge is 0.328 e. The fourth-order valence-corrected chi connectivity index (χ4v) is 2.63. The molecule has 1 atom stereocenters. The second kappa shape index (κ2) is 5.57. The summed E-state index contributed by atoms with van der Waals surface area (Å²) < 4.78 is 2.04. The minimum absolute atomic E-state index is 0.182. The summed E-state index contributed by atoms with van der Waals surface area (Å²) in [5.74, 6) is 0. The maximum atomic E-state index is 5.87. The van der Waals surface area contributed by atoms with Gasteiger partial charge >= 0.3 is 0 Å². The summed E-state index contributed by atoms with van der Waals surface area (Å²) in [6, 6.07) is 8.67. The van der Waals surface area contributed by atoms with E-state index in [0.29, 0.717) is 0 Å². The number of nitrogens with two attached hydrogens (primary N) is 1. The van der Waals surface area contributed by atoms with E-state index in [2.05, 4.69) is 50.1 Å². The van der Waals surface area contributed by atoms with Gasteiger partial charge in [-0.15, -0.1) is 0 Å². The summed E-state index contributed by atoms with van der Waals surface area (Å²) in [4.78, 5) is 0. The van der Waals surface area contributed by atoms with Crippen molar-refractivity contribution in [1.82, 2.24) is 9.78 Å². The van der Waals surface area contributed by atoms with E-state index >= 15 is 0 Å². The Labute approximate surface area is 115 Å². The lowest BCUT2D eigenvalue weighted by Gasteiger charge is -2.09. The number of hydrogen-bond donors (Lipinski definition) is 1. The van der Waals surface area contributed by atoms with Crippen LogP contribution >= 0.6 is 0 Å². The van der Waals surface area contributed by atoms with Gasteiger partial charge in [-0.1, -0.05) is 19.1 Å². The third kappa shape index (κ3) is 2.87. The first kappa shape index (κ1) is 13.8. The number of benzene rings is 1. The number of aromatic nitrogens is 2. The van der Waals surface area contributed by atoms with Crippen molar-refractivity contribution in [3.05, 3.63) is 46.8 Å². The number of aryl methyl sites for hydroxylation is 1. The zero-order valence-electron chi connectivity index (χ0n) is 12.3. The summed E-state index contributed by atoms with van der Waals surface area (Å²) in [6.07, 6.45) is 1.92. The van der Waals surface area contributed by atoms with Crippen LogP contribution in [0.3, 0.4) is 0 Å². The minimum Gasteiger partial charge on any atom is -0.328 e. The highest BCUT2D eigenvalue weighted by Gasteiger charge is 2.11. The predicted molar refractivity (Wildman–Crippen MR) is 79.8 cm³/mol. The van der Waals surface area contributed by atoms with Crippen molar-refractivity contribution in [3.8, 4) is 5.69 Å². The molecule has 0 aliphatic heterocycles. The van der Waals surface area contributed by atoms with Crippen molar-refractivity contribution in [3.63, 3.8) is 0 Å². The van der Waals surface area contributed by atoms with Crippen LogP contribution in [0, 0.1) is 13.8 Å². The Balaban J connectivity index is 2.42. The van der Waals surface area contributed by atoms with Crippen LogP contribution in [0.5, 0.6) is 0 Å². The maximum absolute atomic E-state index is 5.87.